The second kappa shape index (κ2) is 11.9. The number of aryl methyl sites for hydroxylation is 1. The molecule has 1 aliphatic rings. The predicted molar refractivity (Wildman–Crippen MR) is 152 cm³/mol. The summed E-state index contributed by atoms with van der Waals surface area (Å²) in [4.78, 5) is 57.7. The van der Waals surface area contributed by atoms with Crippen LogP contribution >= 0.6 is 11.3 Å². The summed E-state index contributed by atoms with van der Waals surface area (Å²) >= 11 is 1.47. The molecular weight excluding hydrogens is 544 g/mol. The first-order valence-electron chi connectivity index (χ1n) is 13.2. The number of amides is 2. The summed E-state index contributed by atoms with van der Waals surface area (Å²) in [5.41, 5.74) is 4.94. The number of nitrogens with zero attached hydrogens (tertiary/aromatic N) is 3. The fourth-order valence-corrected chi connectivity index (χ4v) is 5.80. The number of ether oxygens (including phenoxy) is 2. The van der Waals surface area contributed by atoms with Crippen LogP contribution in [0.4, 0.5) is 0 Å². The van der Waals surface area contributed by atoms with Gasteiger partial charge in [0.05, 0.1) is 24.1 Å². The van der Waals surface area contributed by atoms with Gasteiger partial charge in [0, 0.05) is 31.8 Å². The van der Waals surface area contributed by atoms with Gasteiger partial charge in [0.2, 0.25) is 12.2 Å². The smallest absolute Gasteiger partial charge is 0.303 e. The summed E-state index contributed by atoms with van der Waals surface area (Å²) < 4.78 is 12.7. The third-order valence-electron chi connectivity index (χ3n) is 6.85. The average Bonchev–Trinajstić information content (AvgIpc) is 3.66. The zero-order valence-electron chi connectivity index (χ0n) is 23.0. The van der Waals surface area contributed by atoms with Crippen molar-refractivity contribution in [1.29, 1.82) is 0 Å². The van der Waals surface area contributed by atoms with Crippen molar-refractivity contribution in [3.63, 3.8) is 0 Å². The lowest BCUT2D eigenvalue weighted by molar-refractivity contribution is -0.178. The number of imidazole rings is 1. The van der Waals surface area contributed by atoms with E-state index in [4.69, 9.17) is 9.47 Å². The van der Waals surface area contributed by atoms with Crippen molar-refractivity contribution in [1.82, 2.24) is 19.8 Å². The van der Waals surface area contributed by atoms with Gasteiger partial charge in [0.15, 0.2) is 0 Å². The molecule has 0 saturated carbocycles. The van der Waals surface area contributed by atoms with Gasteiger partial charge in [-0.05, 0) is 47.2 Å². The van der Waals surface area contributed by atoms with Gasteiger partial charge in [0.1, 0.15) is 5.82 Å². The third-order valence-corrected chi connectivity index (χ3v) is 7.83. The highest BCUT2D eigenvalue weighted by Gasteiger charge is 2.42. The maximum atomic E-state index is 13.5. The molecule has 11 heteroatoms. The number of rotatable bonds is 9. The number of nitrogens with one attached hydrogen (secondary N) is 1. The summed E-state index contributed by atoms with van der Waals surface area (Å²) in [6.45, 7) is 5.59. The van der Waals surface area contributed by atoms with Crippen molar-refractivity contribution in [2.75, 3.05) is 0 Å². The van der Waals surface area contributed by atoms with Crippen LogP contribution < -0.4 is 5.32 Å². The monoisotopic (exact) mass is 574 g/mol. The molecular formula is C30H30N4O6S. The highest BCUT2D eigenvalue weighted by atomic mass is 32.1. The van der Waals surface area contributed by atoms with Gasteiger partial charge in [-0.25, -0.2) is 4.98 Å². The number of benzene rings is 2. The number of esters is 2. The van der Waals surface area contributed by atoms with Crippen LogP contribution in [0.3, 0.4) is 0 Å². The molecule has 0 fully saturated rings. The zero-order chi connectivity index (χ0) is 29.1. The quantitative estimate of drug-likeness (QED) is 0.304. The number of hydrogen-bond donors (Lipinski definition) is 1. The number of carbonyl (C=O) groups is 4. The fraction of sp³-hybridized carbons (Fsp3) is 0.300. The van der Waals surface area contributed by atoms with Crippen molar-refractivity contribution >= 4 is 46.1 Å². The lowest BCUT2D eigenvalue weighted by Crippen LogP contribution is -2.53. The highest BCUT2D eigenvalue weighted by molar-refractivity contribution is 7.10. The van der Waals surface area contributed by atoms with E-state index in [9.17, 15) is 19.2 Å². The fourth-order valence-electron chi connectivity index (χ4n) is 4.98. The molecule has 1 aliphatic heterocycles. The van der Waals surface area contributed by atoms with Crippen molar-refractivity contribution in [3.8, 4) is 0 Å². The predicted octanol–water partition coefficient (Wildman–Crippen LogP) is 3.48. The molecule has 2 aromatic carbocycles. The molecule has 2 atom stereocenters. The van der Waals surface area contributed by atoms with E-state index in [0.29, 0.717) is 19.6 Å². The molecule has 5 rings (SSSR count). The Morgan fingerprint density at radius 3 is 2.27 bits per heavy atom. The summed E-state index contributed by atoms with van der Waals surface area (Å²) in [6.07, 6.45) is -3.27. The van der Waals surface area contributed by atoms with E-state index in [2.05, 4.69) is 14.9 Å². The lowest BCUT2D eigenvalue weighted by atomic mass is 10.1. The van der Waals surface area contributed by atoms with Crippen LogP contribution in [0.5, 0.6) is 0 Å². The number of hydrogen-bond acceptors (Lipinski definition) is 8. The van der Waals surface area contributed by atoms with E-state index in [0.717, 1.165) is 52.3 Å². The second-order valence-corrected chi connectivity index (χ2v) is 10.9. The van der Waals surface area contributed by atoms with Crippen LogP contribution in [0, 0.1) is 6.92 Å². The van der Waals surface area contributed by atoms with Crippen LogP contribution in [0.1, 0.15) is 41.2 Å². The summed E-state index contributed by atoms with van der Waals surface area (Å²) in [6, 6.07) is 17.5. The van der Waals surface area contributed by atoms with Gasteiger partial charge >= 0.3 is 11.9 Å². The zero-order valence-corrected chi connectivity index (χ0v) is 23.8. The van der Waals surface area contributed by atoms with Crippen LogP contribution in [0.15, 0.2) is 60.0 Å². The lowest BCUT2D eigenvalue weighted by Gasteiger charge is -2.28. The van der Waals surface area contributed by atoms with E-state index in [1.807, 2.05) is 66.9 Å². The Bertz CT molecular complexity index is 1600. The Kier molecular flexibility index (Phi) is 8.16. The number of para-hydroxylation sites is 2. The minimum Gasteiger partial charge on any atom is -0.448 e. The Hall–Kier alpha value is -4.51. The Morgan fingerprint density at radius 1 is 0.951 bits per heavy atom. The summed E-state index contributed by atoms with van der Waals surface area (Å²) in [5, 5.41) is 4.76. The Morgan fingerprint density at radius 2 is 1.59 bits per heavy atom. The van der Waals surface area contributed by atoms with Crippen molar-refractivity contribution < 1.29 is 28.7 Å². The van der Waals surface area contributed by atoms with Crippen LogP contribution in [-0.4, -0.2) is 50.4 Å². The number of carbonyl (C=O) groups excluding carboxylic acids is 4. The molecule has 212 valence electrons. The SMILES string of the molecule is CC(=O)O[C@H](C(=O)NCc1cc(Cn2c(C)nc3ccccc32)cs1)[C@@H](OC(C)=O)C(=O)N1Cc2ccccc2C1. The number of fused-ring (bicyclic) bond motifs is 2. The molecule has 0 spiro atoms. The third kappa shape index (κ3) is 6.30. The van der Waals surface area contributed by atoms with E-state index in [1.54, 1.807) is 0 Å². The highest BCUT2D eigenvalue weighted by Crippen LogP contribution is 2.25. The first-order chi connectivity index (χ1) is 19.7. The molecule has 0 saturated heterocycles. The molecule has 1 N–H and O–H groups in total. The van der Waals surface area contributed by atoms with E-state index < -0.39 is 36.0 Å². The van der Waals surface area contributed by atoms with Gasteiger partial charge in [-0.15, -0.1) is 11.3 Å². The van der Waals surface area contributed by atoms with Crippen LogP contribution in [-0.2, 0) is 54.8 Å². The minimum atomic E-state index is -1.65. The van der Waals surface area contributed by atoms with E-state index >= 15 is 0 Å². The first-order valence-corrected chi connectivity index (χ1v) is 14.0. The summed E-state index contributed by atoms with van der Waals surface area (Å²) in [5.74, 6) is -1.99. The molecule has 0 unspecified atom stereocenters. The standard InChI is InChI=1S/C30H30N4O6S/c1-18-32-25-10-6-7-11-26(25)34(18)14-21-12-24(41-17-21)13-31-29(37)27(39-19(2)35)28(40-20(3)36)30(38)33-15-22-8-4-5-9-23(22)16-33/h4-12,17,27-28H,13-16H2,1-3H3,(H,31,37)/t27-,28+/m0/s1. The number of thiophene rings is 1. The van der Waals surface area contributed by atoms with Crippen LogP contribution in [0.2, 0.25) is 0 Å². The normalized spacial score (nSPS) is 13.9. The maximum absolute atomic E-state index is 13.5. The maximum Gasteiger partial charge on any atom is 0.303 e. The molecule has 2 aromatic heterocycles. The molecule has 0 aliphatic carbocycles. The molecule has 2 amide bonds. The van der Waals surface area contributed by atoms with Crippen molar-refractivity contribution in [3.05, 3.63) is 87.4 Å². The molecule has 4 aromatic rings. The van der Waals surface area contributed by atoms with Gasteiger partial charge in [-0.3, -0.25) is 19.2 Å². The summed E-state index contributed by atoms with van der Waals surface area (Å²) in [7, 11) is 0. The van der Waals surface area contributed by atoms with Gasteiger partial charge in [-0.1, -0.05) is 36.4 Å². The van der Waals surface area contributed by atoms with Crippen molar-refractivity contribution in [2.45, 2.75) is 59.2 Å². The topological polar surface area (TPSA) is 120 Å². The molecule has 41 heavy (non-hydrogen) atoms. The average molecular weight is 575 g/mol. The van der Waals surface area contributed by atoms with Crippen molar-refractivity contribution in [2.24, 2.45) is 0 Å². The Balaban J connectivity index is 1.28. The van der Waals surface area contributed by atoms with E-state index in [1.165, 1.54) is 16.2 Å². The van der Waals surface area contributed by atoms with Gasteiger partial charge < -0.3 is 24.3 Å². The minimum absolute atomic E-state index is 0.140. The Labute approximate surface area is 240 Å². The van der Waals surface area contributed by atoms with Gasteiger partial charge in [-0.2, -0.15) is 0 Å². The van der Waals surface area contributed by atoms with Gasteiger partial charge in [0.25, 0.3) is 11.8 Å². The number of aromatic nitrogens is 2. The molecule has 10 nitrogen and oxygen atoms in total. The molecule has 0 radical (unpaired) electrons. The van der Waals surface area contributed by atoms with E-state index in [-0.39, 0.29) is 6.54 Å². The molecule has 0 bridgehead atoms. The largest absolute Gasteiger partial charge is 0.448 e. The second-order valence-electron chi connectivity index (χ2n) is 9.90. The first kappa shape index (κ1) is 28.0. The van der Waals surface area contributed by atoms with Crippen LogP contribution in [0.25, 0.3) is 11.0 Å². The molecule has 3 heterocycles.